The molecule has 0 radical (unpaired) electrons. The summed E-state index contributed by atoms with van der Waals surface area (Å²) in [5.74, 6) is 0. The van der Waals surface area contributed by atoms with Crippen LogP contribution in [0.5, 0.6) is 0 Å². The van der Waals surface area contributed by atoms with Crippen LogP contribution in [-0.2, 0) is 4.79 Å². The maximum atomic E-state index is 11.7. The normalized spacial score (nSPS) is 10.5. The van der Waals surface area contributed by atoms with Gasteiger partial charge in [0, 0.05) is 23.1 Å². The summed E-state index contributed by atoms with van der Waals surface area (Å²) >= 11 is 2.58. The number of carbonyl (C=O) groups excluding carboxylic acids is 1. The molecule has 0 bridgehead atoms. The molecule has 2 rings (SSSR count). The van der Waals surface area contributed by atoms with Crippen molar-refractivity contribution in [3.8, 4) is 0 Å². The number of carbonyl (C=O) groups is 1. The second kappa shape index (κ2) is 4.16. The molecular formula is C11H8O2S2. The van der Waals surface area contributed by atoms with E-state index in [9.17, 15) is 9.59 Å². The lowest BCUT2D eigenvalue weighted by atomic mass is 10.2. The van der Waals surface area contributed by atoms with Crippen LogP contribution in [0.15, 0.2) is 39.3 Å². The Morgan fingerprint density at radius 3 is 2.80 bits per heavy atom. The molecule has 0 atom stereocenters. The summed E-state index contributed by atoms with van der Waals surface area (Å²) < 4.78 is 1.68. The summed E-state index contributed by atoms with van der Waals surface area (Å²) in [6, 6.07) is 8.95. The molecule has 0 unspecified atom stereocenters. The van der Waals surface area contributed by atoms with Crippen molar-refractivity contribution in [1.29, 1.82) is 0 Å². The lowest BCUT2D eigenvalue weighted by molar-refractivity contribution is -0.109. The third-order valence-electron chi connectivity index (χ3n) is 1.86. The molecular weight excluding hydrogens is 228 g/mol. The fraction of sp³-hybridized carbons (Fsp3) is 0.0909. The molecule has 0 aliphatic carbocycles. The Balaban J connectivity index is 2.62. The van der Waals surface area contributed by atoms with Gasteiger partial charge in [-0.3, -0.25) is 9.59 Å². The number of hydrogen-bond donors (Lipinski definition) is 0. The highest BCUT2D eigenvalue weighted by Crippen LogP contribution is 2.27. The van der Waals surface area contributed by atoms with Crippen molar-refractivity contribution in [2.45, 2.75) is 11.1 Å². The Labute approximate surface area is 94.9 Å². The first kappa shape index (κ1) is 10.4. The van der Waals surface area contributed by atoms with Crippen LogP contribution in [0.4, 0.5) is 0 Å². The lowest BCUT2D eigenvalue weighted by Gasteiger charge is -1.98. The average molecular weight is 236 g/mol. The molecule has 1 aromatic heterocycles. The third-order valence-corrected chi connectivity index (χ3v) is 3.86. The summed E-state index contributed by atoms with van der Waals surface area (Å²) in [6.45, 7) is 1.50. The summed E-state index contributed by atoms with van der Waals surface area (Å²) in [5, 5.41) is 0.719. The number of rotatable bonds is 1. The molecule has 4 heteroatoms. The smallest absolute Gasteiger partial charge is 0.191 e. The zero-order valence-electron chi connectivity index (χ0n) is 8.02. The van der Waals surface area contributed by atoms with Crippen LogP contribution in [0, 0.1) is 0 Å². The lowest BCUT2D eigenvalue weighted by Crippen LogP contribution is -1.98. The number of thioether (sulfide) groups is 1. The molecule has 1 aromatic carbocycles. The minimum Gasteiger partial charge on any atom is -0.289 e. The second-order valence-electron chi connectivity index (χ2n) is 3.02. The molecule has 0 fully saturated rings. The number of benzene rings is 1. The van der Waals surface area contributed by atoms with E-state index >= 15 is 0 Å². The minimum absolute atomic E-state index is 0.000862. The van der Waals surface area contributed by atoms with Gasteiger partial charge in [0.05, 0.1) is 4.21 Å². The Morgan fingerprint density at radius 2 is 2.07 bits per heavy atom. The Hall–Kier alpha value is -1.13. The fourth-order valence-corrected chi connectivity index (χ4v) is 3.32. The van der Waals surface area contributed by atoms with Crippen LogP contribution in [0.1, 0.15) is 6.92 Å². The zero-order chi connectivity index (χ0) is 10.8. The topological polar surface area (TPSA) is 34.1 Å². The third kappa shape index (κ3) is 2.27. The predicted octanol–water partition coefficient (Wildman–Crippen LogP) is 2.90. The van der Waals surface area contributed by atoms with Gasteiger partial charge in [0.25, 0.3) is 0 Å². The van der Waals surface area contributed by atoms with Gasteiger partial charge in [0.2, 0.25) is 0 Å². The van der Waals surface area contributed by atoms with E-state index in [2.05, 4.69) is 0 Å². The molecule has 0 aliphatic rings. The van der Waals surface area contributed by atoms with Crippen LogP contribution in [0.2, 0.25) is 0 Å². The van der Waals surface area contributed by atoms with E-state index < -0.39 is 0 Å². The Bertz CT molecular complexity index is 572. The molecule has 15 heavy (non-hydrogen) atoms. The Morgan fingerprint density at radius 1 is 1.33 bits per heavy atom. The standard InChI is InChI=1S/C11H8O2S2/c1-7(12)14-11-6-9(13)8-4-2-3-5-10(8)15-11/h2-6H,1H3. The van der Waals surface area contributed by atoms with Gasteiger partial charge in [-0.2, -0.15) is 0 Å². The molecule has 0 aliphatic heterocycles. The monoisotopic (exact) mass is 236 g/mol. The highest BCUT2D eigenvalue weighted by molar-refractivity contribution is 8.15. The van der Waals surface area contributed by atoms with Gasteiger partial charge >= 0.3 is 0 Å². The molecule has 2 nitrogen and oxygen atoms in total. The van der Waals surface area contributed by atoms with Crippen LogP contribution in [0.25, 0.3) is 10.1 Å². The van der Waals surface area contributed by atoms with Gasteiger partial charge in [-0.15, -0.1) is 11.3 Å². The van der Waals surface area contributed by atoms with Crippen molar-refractivity contribution >= 4 is 38.3 Å². The van der Waals surface area contributed by atoms with Gasteiger partial charge in [-0.05, 0) is 23.9 Å². The van der Waals surface area contributed by atoms with Crippen LogP contribution < -0.4 is 5.43 Å². The zero-order valence-corrected chi connectivity index (χ0v) is 9.65. The van der Waals surface area contributed by atoms with Crippen LogP contribution in [0.3, 0.4) is 0 Å². The van der Waals surface area contributed by atoms with E-state index in [-0.39, 0.29) is 10.5 Å². The van der Waals surface area contributed by atoms with Crippen molar-refractivity contribution in [3.63, 3.8) is 0 Å². The molecule has 0 saturated carbocycles. The maximum absolute atomic E-state index is 11.7. The van der Waals surface area contributed by atoms with Gasteiger partial charge in [0.1, 0.15) is 0 Å². The van der Waals surface area contributed by atoms with Gasteiger partial charge in [-0.1, -0.05) is 12.1 Å². The average Bonchev–Trinajstić information content (AvgIpc) is 2.16. The SMILES string of the molecule is CC(=O)Sc1cc(=O)c2ccccc2s1. The molecule has 0 N–H and O–H groups in total. The van der Waals surface area contributed by atoms with E-state index in [1.807, 2.05) is 18.2 Å². The highest BCUT2D eigenvalue weighted by Gasteiger charge is 2.04. The molecule has 0 spiro atoms. The van der Waals surface area contributed by atoms with Crippen LogP contribution >= 0.6 is 23.1 Å². The van der Waals surface area contributed by atoms with Gasteiger partial charge in [-0.25, -0.2) is 0 Å². The van der Waals surface area contributed by atoms with E-state index in [4.69, 9.17) is 0 Å². The summed E-state index contributed by atoms with van der Waals surface area (Å²) in [5.41, 5.74) is -0.0203. The summed E-state index contributed by atoms with van der Waals surface area (Å²) in [7, 11) is 0. The second-order valence-corrected chi connectivity index (χ2v) is 5.58. The van der Waals surface area contributed by atoms with Crippen molar-refractivity contribution in [2.24, 2.45) is 0 Å². The summed E-state index contributed by atoms with van der Waals surface area (Å²) in [4.78, 5) is 22.6. The minimum atomic E-state index is -0.0203. The Kier molecular flexibility index (Phi) is 2.88. The maximum Gasteiger partial charge on any atom is 0.191 e. The first-order valence-electron chi connectivity index (χ1n) is 4.38. The first-order chi connectivity index (χ1) is 7.16. The van der Waals surface area contributed by atoms with Gasteiger partial charge < -0.3 is 0 Å². The molecule has 0 amide bonds. The number of fused-ring (bicyclic) bond motifs is 1. The van der Waals surface area contributed by atoms with Crippen LogP contribution in [-0.4, -0.2) is 5.12 Å². The highest BCUT2D eigenvalue weighted by atomic mass is 32.2. The quantitative estimate of drug-likeness (QED) is 0.714. The van der Waals surface area contributed by atoms with Crippen molar-refractivity contribution < 1.29 is 4.79 Å². The molecule has 2 aromatic rings. The van der Waals surface area contributed by atoms with E-state index in [0.29, 0.717) is 0 Å². The van der Waals surface area contributed by atoms with Crippen molar-refractivity contribution in [2.75, 3.05) is 0 Å². The first-order valence-corrected chi connectivity index (χ1v) is 6.01. The summed E-state index contributed by atoms with van der Waals surface area (Å²) in [6.07, 6.45) is 0. The molecule has 1 heterocycles. The van der Waals surface area contributed by atoms with Crippen molar-refractivity contribution in [3.05, 3.63) is 40.6 Å². The number of hydrogen-bond acceptors (Lipinski definition) is 4. The van der Waals surface area contributed by atoms with E-state index in [1.165, 1.54) is 24.3 Å². The molecule has 0 saturated heterocycles. The largest absolute Gasteiger partial charge is 0.289 e. The van der Waals surface area contributed by atoms with Gasteiger partial charge in [0.15, 0.2) is 10.5 Å². The van der Waals surface area contributed by atoms with E-state index in [0.717, 1.165) is 26.1 Å². The van der Waals surface area contributed by atoms with E-state index in [1.54, 1.807) is 6.07 Å². The van der Waals surface area contributed by atoms with Crippen molar-refractivity contribution in [1.82, 2.24) is 0 Å². The predicted molar refractivity (Wildman–Crippen MR) is 64.6 cm³/mol. The molecule has 76 valence electrons. The fourth-order valence-electron chi connectivity index (χ4n) is 1.27.